The number of hydrogen-bond acceptors (Lipinski definition) is 2. The molecule has 0 aromatic heterocycles. The van der Waals surface area contributed by atoms with Crippen LogP contribution < -0.4 is 5.32 Å². The molecule has 1 N–H and O–H groups in total. The lowest BCUT2D eigenvalue weighted by atomic mass is 9.93. The summed E-state index contributed by atoms with van der Waals surface area (Å²) in [4.78, 5) is 14.4. The van der Waals surface area contributed by atoms with E-state index in [-0.39, 0.29) is 11.3 Å². The molecule has 2 aliphatic heterocycles. The van der Waals surface area contributed by atoms with E-state index in [4.69, 9.17) is 0 Å². The van der Waals surface area contributed by atoms with Crippen LogP contribution in [0.1, 0.15) is 41.8 Å². The van der Waals surface area contributed by atoms with Crippen molar-refractivity contribution in [2.75, 3.05) is 13.1 Å². The standard InChI is InChI=1S/C15H20N2O/c1-15(2)5-6-17(10-15)14(18)11-3-4-12-8-16-9-13(12)7-11/h3-4,7,16H,5-6,8-10H2,1-2H3. The summed E-state index contributed by atoms with van der Waals surface area (Å²) in [6.07, 6.45) is 1.10. The number of rotatable bonds is 1. The molecule has 2 aliphatic rings. The Labute approximate surface area is 108 Å². The van der Waals surface area contributed by atoms with Crippen molar-refractivity contribution >= 4 is 5.91 Å². The van der Waals surface area contributed by atoms with E-state index in [1.165, 1.54) is 11.1 Å². The smallest absolute Gasteiger partial charge is 0.253 e. The van der Waals surface area contributed by atoms with Gasteiger partial charge in [0, 0.05) is 31.7 Å². The Bertz CT molecular complexity index is 493. The maximum Gasteiger partial charge on any atom is 0.253 e. The first-order valence-corrected chi connectivity index (χ1v) is 6.67. The van der Waals surface area contributed by atoms with Gasteiger partial charge >= 0.3 is 0 Å². The highest BCUT2D eigenvalue weighted by Crippen LogP contribution is 2.30. The molecule has 96 valence electrons. The lowest BCUT2D eigenvalue weighted by molar-refractivity contribution is 0.0778. The lowest BCUT2D eigenvalue weighted by Gasteiger charge is -2.20. The van der Waals surface area contributed by atoms with E-state index < -0.39 is 0 Å². The molecule has 1 fully saturated rings. The van der Waals surface area contributed by atoms with Crippen LogP contribution in [0.4, 0.5) is 0 Å². The fourth-order valence-electron chi connectivity index (χ4n) is 2.90. The van der Waals surface area contributed by atoms with E-state index in [1.807, 2.05) is 11.0 Å². The molecule has 1 aromatic carbocycles. The van der Waals surface area contributed by atoms with Crippen LogP contribution in [0.5, 0.6) is 0 Å². The van der Waals surface area contributed by atoms with Crippen molar-refractivity contribution in [3.05, 3.63) is 34.9 Å². The second-order valence-electron chi connectivity index (χ2n) is 6.23. The normalized spacial score (nSPS) is 21.1. The van der Waals surface area contributed by atoms with E-state index in [0.717, 1.165) is 38.2 Å². The maximum absolute atomic E-state index is 12.4. The Hall–Kier alpha value is -1.35. The highest BCUT2D eigenvalue weighted by Gasteiger charge is 2.32. The van der Waals surface area contributed by atoms with Gasteiger partial charge in [0.1, 0.15) is 0 Å². The topological polar surface area (TPSA) is 32.3 Å². The van der Waals surface area contributed by atoms with Gasteiger partial charge in [-0.15, -0.1) is 0 Å². The fourth-order valence-corrected chi connectivity index (χ4v) is 2.90. The molecule has 0 spiro atoms. The van der Waals surface area contributed by atoms with Crippen LogP contribution in [0, 0.1) is 5.41 Å². The summed E-state index contributed by atoms with van der Waals surface area (Å²) in [5, 5.41) is 3.31. The summed E-state index contributed by atoms with van der Waals surface area (Å²) < 4.78 is 0. The number of benzene rings is 1. The fraction of sp³-hybridized carbons (Fsp3) is 0.533. The van der Waals surface area contributed by atoms with Crippen molar-refractivity contribution in [2.24, 2.45) is 5.41 Å². The lowest BCUT2D eigenvalue weighted by Crippen LogP contribution is -2.30. The van der Waals surface area contributed by atoms with Crippen molar-refractivity contribution in [2.45, 2.75) is 33.4 Å². The van der Waals surface area contributed by atoms with Gasteiger partial charge in [-0.05, 0) is 35.1 Å². The molecule has 0 unspecified atom stereocenters. The zero-order valence-corrected chi connectivity index (χ0v) is 11.1. The molecular weight excluding hydrogens is 224 g/mol. The quantitative estimate of drug-likeness (QED) is 0.821. The third-order valence-electron chi connectivity index (χ3n) is 4.05. The number of nitrogens with one attached hydrogen (secondary N) is 1. The molecule has 0 bridgehead atoms. The highest BCUT2D eigenvalue weighted by molar-refractivity contribution is 5.94. The summed E-state index contributed by atoms with van der Waals surface area (Å²) >= 11 is 0. The minimum Gasteiger partial charge on any atom is -0.338 e. The van der Waals surface area contributed by atoms with Gasteiger partial charge in [-0.25, -0.2) is 0 Å². The van der Waals surface area contributed by atoms with Crippen molar-refractivity contribution in [3.63, 3.8) is 0 Å². The van der Waals surface area contributed by atoms with E-state index in [1.54, 1.807) is 0 Å². The number of likely N-dealkylation sites (tertiary alicyclic amines) is 1. The van der Waals surface area contributed by atoms with E-state index in [9.17, 15) is 4.79 Å². The molecule has 2 heterocycles. The van der Waals surface area contributed by atoms with Crippen molar-refractivity contribution in [1.29, 1.82) is 0 Å². The first-order chi connectivity index (χ1) is 8.55. The monoisotopic (exact) mass is 244 g/mol. The van der Waals surface area contributed by atoms with Crippen molar-refractivity contribution in [3.8, 4) is 0 Å². The molecular formula is C15H20N2O. The van der Waals surface area contributed by atoms with Gasteiger partial charge in [0.2, 0.25) is 0 Å². The zero-order chi connectivity index (χ0) is 12.8. The summed E-state index contributed by atoms with van der Waals surface area (Å²) in [5.74, 6) is 0.190. The van der Waals surface area contributed by atoms with Crippen LogP contribution in [0.15, 0.2) is 18.2 Å². The number of amides is 1. The van der Waals surface area contributed by atoms with Gasteiger partial charge < -0.3 is 10.2 Å². The molecule has 1 saturated heterocycles. The third kappa shape index (κ3) is 2.03. The Morgan fingerprint density at radius 2 is 2.06 bits per heavy atom. The molecule has 3 rings (SSSR count). The van der Waals surface area contributed by atoms with Crippen LogP contribution in [0.25, 0.3) is 0 Å². The summed E-state index contributed by atoms with van der Waals surface area (Å²) in [6.45, 7) is 8.05. The summed E-state index contributed by atoms with van der Waals surface area (Å²) in [5.41, 5.74) is 3.72. The molecule has 0 atom stereocenters. The predicted molar refractivity (Wildman–Crippen MR) is 71.3 cm³/mol. The molecule has 1 amide bonds. The Morgan fingerprint density at radius 1 is 1.28 bits per heavy atom. The molecule has 0 saturated carbocycles. The van der Waals surface area contributed by atoms with Crippen molar-refractivity contribution in [1.82, 2.24) is 10.2 Å². The van der Waals surface area contributed by atoms with Gasteiger partial charge in [-0.1, -0.05) is 19.9 Å². The molecule has 18 heavy (non-hydrogen) atoms. The number of fused-ring (bicyclic) bond motifs is 1. The average Bonchev–Trinajstić information content (AvgIpc) is 2.93. The predicted octanol–water partition coefficient (Wildman–Crippen LogP) is 2.16. The Morgan fingerprint density at radius 3 is 2.78 bits per heavy atom. The van der Waals surface area contributed by atoms with Gasteiger partial charge in [0.25, 0.3) is 5.91 Å². The average molecular weight is 244 g/mol. The van der Waals surface area contributed by atoms with E-state index in [0.29, 0.717) is 0 Å². The van der Waals surface area contributed by atoms with Crippen LogP contribution in [-0.2, 0) is 13.1 Å². The van der Waals surface area contributed by atoms with Gasteiger partial charge in [0.15, 0.2) is 0 Å². The molecule has 3 heteroatoms. The Kier molecular flexibility index (Phi) is 2.67. The van der Waals surface area contributed by atoms with Crippen LogP contribution in [0.3, 0.4) is 0 Å². The maximum atomic E-state index is 12.4. The Balaban J connectivity index is 1.81. The second kappa shape index (κ2) is 4.09. The summed E-state index contributed by atoms with van der Waals surface area (Å²) in [6, 6.07) is 6.12. The number of carbonyl (C=O) groups excluding carboxylic acids is 1. The molecule has 1 aromatic rings. The van der Waals surface area contributed by atoms with Crippen LogP contribution in [-0.4, -0.2) is 23.9 Å². The van der Waals surface area contributed by atoms with Crippen LogP contribution in [0.2, 0.25) is 0 Å². The number of nitrogens with zero attached hydrogens (tertiary/aromatic N) is 1. The van der Waals surface area contributed by atoms with E-state index >= 15 is 0 Å². The second-order valence-corrected chi connectivity index (χ2v) is 6.23. The van der Waals surface area contributed by atoms with Gasteiger partial charge in [-0.2, -0.15) is 0 Å². The zero-order valence-electron chi connectivity index (χ0n) is 11.1. The number of carbonyl (C=O) groups is 1. The SMILES string of the molecule is CC1(C)CCN(C(=O)c2ccc3c(c2)CNC3)C1. The highest BCUT2D eigenvalue weighted by atomic mass is 16.2. The summed E-state index contributed by atoms with van der Waals surface area (Å²) in [7, 11) is 0. The third-order valence-corrected chi connectivity index (χ3v) is 4.05. The first kappa shape index (κ1) is 11.7. The minimum absolute atomic E-state index is 0.190. The molecule has 0 radical (unpaired) electrons. The van der Waals surface area contributed by atoms with Crippen molar-refractivity contribution < 1.29 is 4.79 Å². The first-order valence-electron chi connectivity index (χ1n) is 6.67. The van der Waals surface area contributed by atoms with E-state index in [2.05, 4.69) is 31.3 Å². The largest absolute Gasteiger partial charge is 0.338 e. The molecule has 3 nitrogen and oxygen atoms in total. The van der Waals surface area contributed by atoms with Gasteiger partial charge in [-0.3, -0.25) is 4.79 Å². The van der Waals surface area contributed by atoms with Crippen LogP contribution >= 0.6 is 0 Å². The van der Waals surface area contributed by atoms with Gasteiger partial charge in [0.05, 0.1) is 0 Å². The minimum atomic E-state index is 0.190. The molecule has 0 aliphatic carbocycles. The number of hydrogen-bond donors (Lipinski definition) is 1.